The third-order valence-electron chi connectivity index (χ3n) is 9.06. The molecule has 5 amide bonds. The zero-order chi connectivity index (χ0) is 34.7. The number of amides is 5. The summed E-state index contributed by atoms with van der Waals surface area (Å²) in [7, 11) is 0. The molecule has 254 valence electrons. The summed E-state index contributed by atoms with van der Waals surface area (Å²) in [6.45, 7) is 20.8. The van der Waals surface area contributed by atoms with Crippen LogP contribution in [0.3, 0.4) is 0 Å². The fraction of sp³-hybridized carbons (Fsp3) is 0.667. The summed E-state index contributed by atoms with van der Waals surface area (Å²) in [6.07, 6.45) is 2.26. The van der Waals surface area contributed by atoms with Crippen molar-refractivity contribution < 1.29 is 28.8 Å². The number of nitrogens with zero attached hydrogens (tertiary/aromatic N) is 2. The molecule has 12 nitrogen and oxygen atoms in total. The van der Waals surface area contributed by atoms with Crippen molar-refractivity contribution in [2.45, 2.75) is 99.3 Å². The van der Waals surface area contributed by atoms with Gasteiger partial charge in [-0.3, -0.25) is 24.0 Å². The van der Waals surface area contributed by atoms with E-state index in [0.717, 1.165) is 0 Å². The Kier molecular flexibility index (Phi) is 11.6. The quantitative estimate of drug-likeness (QED) is 0.135. The number of piperidine rings is 1. The lowest BCUT2D eigenvalue weighted by atomic mass is 9.85. The minimum atomic E-state index is -1.05. The number of aromatic nitrogens is 1. The Hall–Kier alpha value is -3.61. The fourth-order valence-electron chi connectivity index (χ4n) is 6.30. The Morgan fingerprint density at radius 3 is 2.30 bits per heavy atom. The van der Waals surface area contributed by atoms with E-state index in [4.69, 9.17) is 0 Å². The van der Waals surface area contributed by atoms with Gasteiger partial charge in [-0.1, -0.05) is 67.9 Å². The van der Waals surface area contributed by atoms with Crippen molar-refractivity contribution in [3.8, 4) is 0 Å². The molecule has 46 heavy (non-hydrogen) atoms. The molecule has 0 radical (unpaired) electrons. The maximum atomic E-state index is 14.3. The standard InChI is InChI=1S/C33H50N6O6S/c1-11-13-20(24(40)28(43)34-14-12-2)36-27(42)23-21-19(33(21,9)10)15-39(23)30(44)26(32(6,7)8)38-31(45)37-22(17(3)4)25(41)29-35-18(5)16-46-29/h12,16-17,19-23,26H,2,11,13-15H2,1,3-10H3,(H,34,43)(H,36,42)(H2,37,38,45)/t19-,20?,21-,22-,23-,26+/m0/s1. The Balaban J connectivity index is 1.82. The van der Waals surface area contributed by atoms with Crippen LogP contribution in [0.25, 0.3) is 0 Å². The number of urea groups is 1. The van der Waals surface area contributed by atoms with Crippen LogP contribution < -0.4 is 21.3 Å². The number of rotatable bonds is 14. The van der Waals surface area contributed by atoms with Crippen molar-refractivity contribution in [1.29, 1.82) is 0 Å². The lowest BCUT2D eigenvalue weighted by Gasteiger charge is -2.38. The van der Waals surface area contributed by atoms with Crippen LogP contribution in [0, 0.1) is 35.5 Å². The van der Waals surface area contributed by atoms with E-state index in [1.807, 2.05) is 55.4 Å². The normalized spacial score (nSPS) is 21.8. The van der Waals surface area contributed by atoms with Gasteiger partial charge in [-0.15, -0.1) is 17.9 Å². The molecule has 0 spiro atoms. The van der Waals surface area contributed by atoms with Crippen LogP contribution in [0.5, 0.6) is 0 Å². The van der Waals surface area contributed by atoms with Crippen LogP contribution in [0.2, 0.25) is 0 Å². The monoisotopic (exact) mass is 658 g/mol. The molecule has 1 aliphatic carbocycles. The number of thiazole rings is 1. The number of hydrogen-bond acceptors (Lipinski definition) is 8. The van der Waals surface area contributed by atoms with E-state index in [9.17, 15) is 28.8 Å². The van der Waals surface area contributed by atoms with Crippen LogP contribution in [-0.2, 0) is 19.2 Å². The highest BCUT2D eigenvalue weighted by molar-refractivity contribution is 7.11. The van der Waals surface area contributed by atoms with Crippen molar-refractivity contribution in [2.75, 3.05) is 13.1 Å². The molecule has 1 aliphatic heterocycles. The van der Waals surface area contributed by atoms with Gasteiger partial charge in [0.25, 0.3) is 5.91 Å². The van der Waals surface area contributed by atoms with Crippen LogP contribution in [-0.4, -0.2) is 82.5 Å². The first-order valence-electron chi connectivity index (χ1n) is 15.9. The van der Waals surface area contributed by atoms with Crippen LogP contribution in [0.4, 0.5) is 4.79 Å². The second kappa shape index (κ2) is 14.4. The highest BCUT2D eigenvalue weighted by Crippen LogP contribution is 2.65. The summed E-state index contributed by atoms with van der Waals surface area (Å²) >= 11 is 1.21. The Morgan fingerprint density at radius 1 is 1.13 bits per heavy atom. The first-order valence-corrected chi connectivity index (χ1v) is 16.8. The average Bonchev–Trinajstić information content (AvgIpc) is 3.34. The van der Waals surface area contributed by atoms with Gasteiger partial charge >= 0.3 is 6.03 Å². The predicted molar refractivity (Wildman–Crippen MR) is 176 cm³/mol. The van der Waals surface area contributed by atoms with Crippen molar-refractivity contribution in [3.63, 3.8) is 0 Å². The molecule has 1 saturated carbocycles. The Labute approximate surface area is 275 Å². The molecule has 1 aromatic rings. The van der Waals surface area contributed by atoms with Gasteiger partial charge in [0.05, 0.1) is 12.1 Å². The van der Waals surface area contributed by atoms with E-state index in [0.29, 0.717) is 23.7 Å². The highest BCUT2D eigenvalue weighted by Gasteiger charge is 2.70. The smallest absolute Gasteiger partial charge is 0.316 e. The van der Waals surface area contributed by atoms with Crippen molar-refractivity contribution in [2.24, 2.45) is 28.6 Å². The van der Waals surface area contributed by atoms with E-state index in [-0.39, 0.29) is 41.9 Å². The first kappa shape index (κ1) is 36.9. The van der Waals surface area contributed by atoms with Gasteiger partial charge < -0.3 is 26.2 Å². The summed E-state index contributed by atoms with van der Waals surface area (Å²) in [5.41, 5.74) is -0.248. The molecule has 0 bridgehead atoms. The molecule has 2 aliphatic rings. The van der Waals surface area contributed by atoms with E-state index in [2.05, 4.69) is 32.8 Å². The topological polar surface area (TPSA) is 167 Å². The predicted octanol–water partition coefficient (Wildman–Crippen LogP) is 3.01. The van der Waals surface area contributed by atoms with Gasteiger partial charge in [0.15, 0.2) is 5.01 Å². The summed E-state index contributed by atoms with van der Waals surface area (Å²) in [5.74, 6) is -3.15. The fourth-order valence-corrected chi connectivity index (χ4v) is 7.08. The van der Waals surface area contributed by atoms with Crippen molar-refractivity contribution in [1.82, 2.24) is 31.2 Å². The molecule has 3 rings (SSSR count). The van der Waals surface area contributed by atoms with Gasteiger partial charge in [0.1, 0.15) is 12.1 Å². The van der Waals surface area contributed by atoms with Gasteiger partial charge in [-0.05, 0) is 41.9 Å². The number of Topliss-reactive ketones (excluding diaryl/α,β-unsaturated/α-hetero) is 2. The molecule has 6 atom stereocenters. The molecule has 1 aromatic heterocycles. The van der Waals surface area contributed by atoms with Crippen molar-refractivity contribution in [3.05, 3.63) is 28.7 Å². The number of fused-ring (bicyclic) bond motifs is 1. The van der Waals surface area contributed by atoms with Crippen LogP contribution >= 0.6 is 11.3 Å². The zero-order valence-electron chi connectivity index (χ0n) is 28.5. The molecule has 1 saturated heterocycles. The molecule has 0 aromatic carbocycles. The molecule has 13 heteroatoms. The van der Waals surface area contributed by atoms with E-state index in [1.165, 1.54) is 22.3 Å². The SMILES string of the molecule is C=CCNC(=O)C(=O)C(CCC)NC(=O)[C@@H]1[C@@H]2[C@H](CN1C(=O)[C@@H](NC(=O)N[C@H](C(=O)c1nc(C)cs1)C(C)C)C(C)(C)C)C2(C)C. The highest BCUT2D eigenvalue weighted by atomic mass is 32.1. The molecule has 2 fully saturated rings. The Morgan fingerprint density at radius 2 is 1.78 bits per heavy atom. The molecule has 2 heterocycles. The molecule has 4 N–H and O–H groups in total. The lowest BCUT2D eigenvalue weighted by molar-refractivity contribution is -0.145. The minimum Gasteiger partial charge on any atom is -0.346 e. The maximum absolute atomic E-state index is 14.3. The van der Waals surface area contributed by atoms with E-state index in [1.54, 1.807) is 12.3 Å². The lowest BCUT2D eigenvalue weighted by Crippen LogP contribution is -2.62. The van der Waals surface area contributed by atoms with Gasteiger partial charge in [0.2, 0.25) is 23.4 Å². The van der Waals surface area contributed by atoms with E-state index < -0.39 is 59.1 Å². The number of likely N-dealkylation sites (tertiary alicyclic amines) is 1. The number of hydrogen-bond donors (Lipinski definition) is 4. The van der Waals surface area contributed by atoms with Gasteiger partial charge in [-0.2, -0.15) is 0 Å². The summed E-state index contributed by atoms with van der Waals surface area (Å²) in [4.78, 5) is 85.8. The summed E-state index contributed by atoms with van der Waals surface area (Å²) in [5, 5.41) is 12.9. The second-order valence-electron chi connectivity index (χ2n) is 14.4. The van der Waals surface area contributed by atoms with Crippen LogP contribution in [0.15, 0.2) is 18.0 Å². The molecular formula is C33H50N6O6S. The number of carbonyl (C=O) groups is 6. The van der Waals surface area contributed by atoms with Crippen molar-refractivity contribution >= 4 is 46.7 Å². The first-order chi connectivity index (χ1) is 21.4. The molecule has 1 unspecified atom stereocenters. The zero-order valence-corrected chi connectivity index (χ0v) is 29.3. The largest absolute Gasteiger partial charge is 0.346 e. The van der Waals surface area contributed by atoms with Crippen LogP contribution in [0.1, 0.15) is 83.7 Å². The third-order valence-corrected chi connectivity index (χ3v) is 10.0. The van der Waals surface area contributed by atoms with Gasteiger partial charge in [0, 0.05) is 24.2 Å². The minimum absolute atomic E-state index is 0.0579. The van der Waals surface area contributed by atoms with Gasteiger partial charge in [-0.25, -0.2) is 9.78 Å². The number of ketones is 2. The number of nitrogens with one attached hydrogen (secondary N) is 4. The Bertz CT molecular complexity index is 1360. The number of aryl methyl sites for hydroxylation is 1. The number of carbonyl (C=O) groups excluding carboxylic acids is 6. The molecular weight excluding hydrogens is 608 g/mol. The maximum Gasteiger partial charge on any atom is 0.316 e. The third kappa shape index (κ3) is 8.02. The average molecular weight is 659 g/mol. The second-order valence-corrected chi connectivity index (χ2v) is 15.3. The van der Waals surface area contributed by atoms with E-state index >= 15 is 0 Å². The summed E-state index contributed by atoms with van der Waals surface area (Å²) < 4.78 is 0. The summed E-state index contributed by atoms with van der Waals surface area (Å²) in [6, 6.07) is -4.51.